The van der Waals surface area contributed by atoms with Crippen molar-refractivity contribution in [3.63, 3.8) is 0 Å². The highest BCUT2D eigenvalue weighted by atomic mass is 79.9. The predicted molar refractivity (Wildman–Crippen MR) is 90.8 cm³/mol. The molecule has 1 amide bonds. The van der Waals surface area contributed by atoms with Gasteiger partial charge in [-0.2, -0.15) is 0 Å². The molecular formula is C18H24BrNO. The normalized spacial score (nSPS) is 36.2. The number of benzene rings is 1. The summed E-state index contributed by atoms with van der Waals surface area (Å²) in [5, 5.41) is 3.16. The van der Waals surface area contributed by atoms with Crippen molar-refractivity contribution in [1.29, 1.82) is 0 Å². The van der Waals surface area contributed by atoms with Crippen LogP contribution in [0.2, 0.25) is 0 Å². The van der Waals surface area contributed by atoms with E-state index in [4.69, 9.17) is 0 Å². The third kappa shape index (κ3) is 1.61. The van der Waals surface area contributed by atoms with Gasteiger partial charge in [0, 0.05) is 10.5 Å². The van der Waals surface area contributed by atoms with Gasteiger partial charge in [0.05, 0.1) is 5.41 Å². The summed E-state index contributed by atoms with van der Waals surface area (Å²) < 4.78 is 0. The maximum atomic E-state index is 13.0. The second-order valence-electron chi connectivity index (χ2n) is 7.63. The van der Waals surface area contributed by atoms with E-state index in [1.54, 1.807) is 0 Å². The molecule has 1 aromatic carbocycles. The van der Waals surface area contributed by atoms with Crippen LogP contribution in [0.1, 0.15) is 44.7 Å². The van der Waals surface area contributed by atoms with Crippen molar-refractivity contribution in [2.45, 2.75) is 52.3 Å². The summed E-state index contributed by atoms with van der Waals surface area (Å²) in [5.41, 5.74) is 3.37. The van der Waals surface area contributed by atoms with E-state index in [-0.39, 0.29) is 27.0 Å². The van der Waals surface area contributed by atoms with Crippen molar-refractivity contribution in [1.82, 2.24) is 0 Å². The van der Waals surface area contributed by atoms with Gasteiger partial charge in [0.15, 0.2) is 0 Å². The molecule has 4 rings (SSSR count). The molecule has 0 heterocycles. The SMILES string of the molecule is Cc1ccc(NC(=O)C23CCC(C)(C2Br)C3(C)C)cc1C. The lowest BCUT2D eigenvalue weighted by Crippen LogP contribution is -2.68. The highest BCUT2D eigenvalue weighted by Gasteiger charge is 2.80. The molecule has 3 aliphatic carbocycles. The summed E-state index contributed by atoms with van der Waals surface area (Å²) in [6, 6.07) is 6.13. The van der Waals surface area contributed by atoms with Gasteiger partial charge < -0.3 is 5.32 Å². The molecule has 0 spiro atoms. The molecule has 3 aliphatic rings. The van der Waals surface area contributed by atoms with Crippen LogP contribution in [0.4, 0.5) is 5.69 Å². The number of hydrogen-bond acceptors (Lipinski definition) is 1. The van der Waals surface area contributed by atoms with E-state index in [2.05, 4.69) is 68.0 Å². The first kappa shape index (κ1) is 15.1. The number of aryl methyl sites for hydroxylation is 2. The fourth-order valence-electron chi connectivity index (χ4n) is 4.52. The number of halogens is 1. The molecule has 2 bridgehead atoms. The van der Waals surface area contributed by atoms with E-state index in [1.807, 2.05) is 6.07 Å². The van der Waals surface area contributed by atoms with E-state index in [0.29, 0.717) is 0 Å². The Morgan fingerprint density at radius 1 is 1.19 bits per heavy atom. The molecule has 3 atom stereocenters. The maximum Gasteiger partial charge on any atom is 0.232 e. The highest BCUT2D eigenvalue weighted by Crippen LogP contribution is 2.79. The molecule has 114 valence electrons. The number of carbonyl (C=O) groups excluding carboxylic acids is 1. The van der Waals surface area contributed by atoms with Gasteiger partial charge in [0.25, 0.3) is 0 Å². The summed E-state index contributed by atoms with van der Waals surface area (Å²) in [7, 11) is 0. The molecular weight excluding hydrogens is 326 g/mol. The Labute approximate surface area is 135 Å². The van der Waals surface area contributed by atoms with Crippen LogP contribution in [0.15, 0.2) is 18.2 Å². The largest absolute Gasteiger partial charge is 0.326 e. The van der Waals surface area contributed by atoms with E-state index in [0.717, 1.165) is 18.5 Å². The lowest BCUT2D eigenvalue weighted by atomic mass is 9.43. The molecule has 0 aliphatic heterocycles. The summed E-state index contributed by atoms with van der Waals surface area (Å²) in [6.45, 7) is 11.0. The number of hydrogen-bond donors (Lipinski definition) is 1. The number of anilines is 1. The molecule has 3 unspecified atom stereocenters. The van der Waals surface area contributed by atoms with Gasteiger partial charge in [0.1, 0.15) is 0 Å². The van der Waals surface area contributed by atoms with Gasteiger partial charge >= 0.3 is 0 Å². The van der Waals surface area contributed by atoms with Gasteiger partial charge in [-0.15, -0.1) is 0 Å². The van der Waals surface area contributed by atoms with E-state index < -0.39 is 0 Å². The van der Waals surface area contributed by atoms with Crippen molar-refractivity contribution < 1.29 is 4.79 Å². The average Bonchev–Trinajstić information content (AvgIpc) is 2.82. The van der Waals surface area contributed by atoms with Crippen LogP contribution in [-0.2, 0) is 4.79 Å². The lowest BCUT2D eigenvalue weighted by Gasteiger charge is -2.64. The number of fused-ring (bicyclic) bond motifs is 1. The first-order valence-electron chi connectivity index (χ1n) is 7.69. The Balaban J connectivity index is 1.88. The van der Waals surface area contributed by atoms with Crippen molar-refractivity contribution in [3.8, 4) is 0 Å². The van der Waals surface area contributed by atoms with Crippen LogP contribution in [0.25, 0.3) is 0 Å². The smallest absolute Gasteiger partial charge is 0.232 e. The third-order valence-electron chi connectivity index (χ3n) is 6.74. The molecule has 0 radical (unpaired) electrons. The van der Waals surface area contributed by atoms with Gasteiger partial charge in [0.2, 0.25) is 5.91 Å². The van der Waals surface area contributed by atoms with Crippen LogP contribution < -0.4 is 5.32 Å². The second-order valence-corrected chi connectivity index (χ2v) is 8.55. The fourth-order valence-corrected chi connectivity index (χ4v) is 6.33. The topological polar surface area (TPSA) is 29.1 Å². The number of rotatable bonds is 2. The quantitative estimate of drug-likeness (QED) is 0.761. The zero-order valence-electron chi connectivity index (χ0n) is 13.5. The second kappa shape index (κ2) is 4.34. The first-order valence-corrected chi connectivity index (χ1v) is 8.61. The van der Waals surface area contributed by atoms with Crippen LogP contribution >= 0.6 is 15.9 Å². The molecule has 2 nitrogen and oxygen atoms in total. The monoisotopic (exact) mass is 349 g/mol. The zero-order chi connectivity index (χ0) is 15.6. The van der Waals surface area contributed by atoms with Crippen molar-refractivity contribution in [3.05, 3.63) is 29.3 Å². The lowest BCUT2D eigenvalue weighted by molar-refractivity contribution is -0.155. The van der Waals surface area contributed by atoms with Gasteiger partial charge in [-0.05, 0) is 60.8 Å². The van der Waals surface area contributed by atoms with E-state index in [1.165, 1.54) is 11.1 Å². The first-order chi connectivity index (χ1) is 9.67. The van der Waals surface area contributed by atoms with E-state index >= 15 is 0 Å². The molecule has 0 aromatic heterocycles. The Morgan fingerprint density at radius 2 is 1.86 bits per heavy atom. The Hall–Kier alpha value is -0.830. The maximum absolute atomic E-state index is 13.0. The minimum Gasteiger partial charge on any atom is -0.326 e. The van der Waals surface area contributed by atoms with Crippen LogP contribution in [0, 0.1) is 30.1 Å². The summed E-state index contributed by atoms with van der Waals surface area (Å²) in [5.74, 6) is 0.174. The Morgan fingerprint density at radius 3 is 2.33 bits per heavy atom. The summed E-state index contributed by atoms with van der Waals surface area (Å²) in [4.78, 5) is 13.3. The molecule has 3 saturated carbocycles. The molecule has 0 saturated heterocycles. The van der Waals surface area contributed by atoms with Gasteiger partial charge in [-0.25, -0.2) is 0 Å². The average molecular weight is 350 g/mol. The Bertz CT molecular complexity index is 624. The standard InChI is InChI=1S/C18H24BrNO/c1-11-6-7-13(10-12(11)2)20-15(21)18-9-8-17(5,14(18)19)16(18,3)4/h6-7,10,14H,8-9H2,1-5H3,(H,20,21). The number of nitrogens with one attached hydrogen (secondary N) is 1. The van der Waals surface area contributed by atoms with Crippen LogP contribution in [0.3, 0.4) is 0 Å². The molecule has 3 heteroatoms. The number of alkyl halides is 1. The van der Waals surface area contributed by atoms with E-state index in [9.17, 15) is 4.79 Å². The van der Waals surface area contributed by atoms with Crippen molar-refractivity contribution >= 4 is 27.5 Å². The Kier molecular flexibility index (Phi) is 3.12. The molecule has 21 heavy (non-hydrogen) atoms. The van der Waals surface area contributed by atoms with Crippen molar-refractivity contribution in [2.75, 3.05) is 5.32 Å². The molecule has 1 N–H and O–H groups in total. The third-order valence-corrected chi connectivity index (χ3v) is 8.54. The number of carbonyl (C=O) groups is 1. The van der Waals surface area contributed by atoms with Crippen LogP contribution in [0.5, 0.6) is 0 Å². The van der Waals surface area contributed by atoms with Crippen molar-refractivity contribution in [2.24, 2.45) is 16.2 Å². The van der Waals surface area contributed by atoms with Gasteiger partial charge in [-0.3, -0.25) is 4.79 Å². The number of amides is 1. The summed E-state index contributed by atoms with van der Waals surface area (Å²) >= 11 is 3.82. The molecule has 3 fully saturated rings. The zero-order valence-corrected chi connectivity index (χ0v) is 15.1. The molecule has 1 aromatic rings. The summed E-state index contributed by atoms with van der Waals surface area (Å²) in [6.07, 6.45) is 2.10. The van der Waals surface area contributed by atoms with Crippen LogP contribution in [-0.4, -0.2) is 10.7 Å². The minimum absolute atomic E-state index is 0.0397. The highest BCUT2D eigenvalue weighted by molar-refractivity contribution is 9.09. The fraction of sp³-hybridized carbons (Fsp3) is 0.611. The van der Waals surface area contributed by atoms with Gasteiger partial charge in [-0.1, -0.05) is 42.8 Å². The minimum atomic E-state index is -0.277. The predicted octanol–water partition coefficient (Wildman–Crippen LogP) is 4.83.